The third-order valence-corrected chi connectivity index (χ3v) is 2.26. The van der Waals surface area contributed by atoms with Crippen LogP contribution in [0.3, 0.4) is 0 Å². The minimum absolute atomic E-state index is 0.0199. The van der Waals surface area contributed by atoms with Gasteiger partial charge in [-0.05, 0) is 18.8 Å². The lowest BCUT2D eigenvalue weighted by Gasteiger charge is -2.10. The van der Waals surface area contributed by atoms with E-state index in [0.717, 1.165) is 19.3 Å². The van der Waals surface area contributed by atoms with Crippen LogP contribution in [-0.2, 0) is 19.1 Å². The molecule has 100 valence electrons. The van der Waals surface area contributed by atoms with Crippen LogP contribution in [0.5, 0.6) is 0 Å². The van der Waals surface area contributed by atoms with E-state index in [1.54, 1.807) is 0 Å². The molecule has 0 saturated carbocycles. The van der Waals surface area contributed by atoms with Crippen molar-refractivity contribution in [2.75, 3.05) is 13.2 Å². The Bertz CT molecular complexity index is 225. The van der Waals surface area contributed by atoms with Crippen molar-refractivity contribution in [2.45, 2.75) is 52.9 Å². The summed E-state index contributed by atoms with van der Waals surface area (Å²) in [7, 11) is 0. The van der Waals surface area contributed by atoms with E-state index in [1.165, 1.54) is 0 Å². The summed E-state index contributed by atoms with van der Waals surface area (Å²) in [5, 5.41) is 0. The summed E-state index contributed by atoms with van der Waals surface area (Å²) in [6, 6.07) is 0. The zero-order valence-corrected chi connectivity index (χ0v) is 11.2. The first-order chi connectivity index (χ1) is 8.10. The fraction of sp³-hybridized carbons (Fsp3) is 0.846. The number of carbonyl (C=O) groups is 2. The van der Waals surface area contributed by atoms with Gasteiger partial charge in [0.1, 0.15) is 0 Å². The molecule has 0 aliphatic heterocycles. The van der Waals surface area contributed by atoms with E-state index >= 15 is 0 Å². The highest BCUT2D eigenvalue weighted by Gasteiger charge is 2.14. The van der Waals surface area contributed by atoms with Crippen LogP contribution in [0.1, 0.15) is 52.9 Å². The fourth-order valence-electron chi connectivity index (χ4n) is 1.31. The van der Waals surface area contributed by atoms with Crippen molar-refractivity contribution in [3.8, 4) is 0 Å². The molecule has 0 aromatic rings. The number of carbonyl (C=O) groups excluding carboxylic acids is 2. The predicted molar refractivity (Wildman–Crippen MR) is 65.5 cm³/mol. The van der Waals surface area contributed by atoms with E-state index in [4.69, 9.17) is 9.47 Å². The quantitative estimate of drug-likeness (QED) is 0.462. The summed E-state index contributed by atoms with van der Waals surface area (Å²) in [6.45, 7) is 6.77. The van der Waals surface area contributed by atoms with Crippen molar-refractivity contribution in [3.05, 3.63) is 0 Å². The molecule has 0 heterocycles. The highest BCUT2D eigenvalue weighted by Crippen LogP contribution is 2.10. The minimum atomic E-state index is -0.235. The second-order valence-corrected chi connectivity index (χ2v) is 4.31. The lowest BCUT2D eigenvalue weighted by atomic mass is 10.0. The zero-order chi connectivity index (χ0) is 13.1. The second kappa shape index (κ2) is 10.1. The van der Waals surface area contributed by atoms with Crippen LogP contribution in [0.15, 0.2) is 0 Å². The molecular formula is C13H24O4. The van der Waals surface area contributed by atoms with E-state index in [0.29, 0.717) is 13.2 Å². The normalized spacial score (nSPS) is 11.9. The Balaban J connectivity index is 3.65. The summed E-state index contributed by atoms with van der Waals surface area (Å²) in [6.07, 6.45) is 3.28. The lowest BCUT2D eigenvalue weighted by molar-refractivity contribution is -0.147. The standard InChI is InChI=1S/C13H24O4/c1-4-6-8-17-13(15)10-11(3)9-12(14)16-7-5-2/h11H,4-10H2,1-3H3. The number of unbranched alkanes of at least 4 members (excludes halogenated alkanes) is 1. The lowest BCUT2D eigenvalue weighted by Crippen LogP contribution is -2.15. The molecule has 4 heteroatoms. The number of hydrogen-bond acceptors (Lipinski definition) is 4. The van der Waals surface area contributed by atoms with Crippen LogP contribution in [0.25, 0.3) is 0 Å². The topological polar surface area (TPSA) is 52.6 Å². The van der Waals surface area contributed by atoms with Crippen molar-refractivity contribution < 1.29 is 19.1 Å². The van der Waals surface area contributed by atoms with Gasteiger partial charge >= 0.3 is 11.9 Å². The number of esters is 2. The molecule has 0 aliphatic carbocycles. The van der Waals surface area contributed by atoms with Crippen LogP contribution in [-0.4, -0.2) is 25.2 Å². The maximum Gasteiger partial charge on any atom is 0.306 e. The minimum Gasteiger partial charge on any atom is -0.466 e. The maximum atomic E-state index is 11.3. The van der Waals surface area contributed by atoms with E-state index in [9.17, 15) is 9.59 Å². The summed E-state index contributed by atoms with van der Waals surface area (Å²) in [5.41, 5.74) is 0. The van der Waals surface area contributed by atoms with Crippen molar-refractivity contribution in [1.29, 1.82) is 0 Å². The van der Waals surface area contributed by atoms with Gasteiger partial charge in [-0.15, -0.1) is 0 Å². The summed E-state index contributed by atoms with van der Waals surface area (Å²) >= 11 is 0. The smallest absolute Gasteiger partial charge is 0.306 e. The van der Waals surface area contributed by atoms with Crippen LogP contribution < -0.4 is 0 Å². The monoisotopic (exact) mass is 244 g/mol. The van der Waals surface area contributed by atoms with E-state index in [2.05, 4.69) is 0 Å². The van der Waals surface area contributed by atoms with Gasteiger partial charge in [0.05, 0.1) is 13.2 Å². The average molecular weight is 244 g/mol. The van der Waals surface area contributed by atoms with Crippen molar-refractivity contribution in [2.24, 2.45) is 5.92 Å². The molecule has 0 aliphatic rings. The number of hydrogen-bond donors (Lipinski definition) is 0. The number of ether oxygens (including phenoxy) is 2. The Morgan fingerprint density at radius 3 is 1.94 bits per heavy atom. The molecular weight excluding hydrogens is 220 g/mol. The summed E-state index contributed by atoms with van der Waals surface area (Å²) in [5.74, 6) is -0.483. The van der Waals surface area contributed by atoms with Gasteiger partial charge in [0.25, 0.3) is 0 Å². The van der Waals surface area contributed by atoms with Gasteiger partial charge in [-0.2, -0.15) is 0 Å². The Hall–Kier alpha value is -1.06. The van der Waals surface area contributed by atoms with Crippen molar-refractivity contribution >= 4 is 11.9 Å². The first-order valence-electron chi connectivity index (χ1n) is 6.41. The number of rotatable bonds is 9. The van der Waals surface area contributed by atoms with Gasteiger partial charge in [-0.25, -0.2) is 0 Å². The third kappa shape index (κ3) is 9.85. The molecule has 0 saturated heterocycles. The largest absolute Gasteiger partial charge is 0.466 e. The second-order valence-electron chi connectivity index (χ2n) is 4.31. The van der Waals surface area contributed by atoms with Gasteiger partial charge in [-0.3, -0.25) is 9.59 Å². The molecule has 0 aromatic heterocycles. The third-order valence-electron chi connectivity index (χ3n) is 2.26. The van der Waals surface area contributed by atoms with Crippen LogP contribution >= 0.6 is 0 Å². The molecule has 0 spiro atoms. The highest BCUT2D eigenvalue weighted by atomic mass is 16.5. The molecule has 0 amide bonds. The Labute approximate surface area is 104 Å². The molecule has 17 heavy (non-hydrogen) atoms. The highest BCUT2D eigenvalue weighted by molar-refractivity contribution is 5.73. The Morgan fingerprint density at radius 1 is 0.941 bits per heavy atom. The van der Waals surface area contributed by atoms with E-state index < -0.39 is 0 Å². The van der Waals surface area contributed by atoms with E-state index in [-0.39, 0.29) is 30.7 Å². The van der Waals surface area contributed by atoms with E-state index in [1.807, 2.05) is 20.8 Å². The molecule has 1 unspecified atom stereocenters. The Morgan fingerprint density at radius 2 is 1.47 bits per heavy atom. The first-order valence-corrected chi connectivity index (χ1v) is 6.41. The van der Waals surface area contributed by atoms with Crippen molar-refractivity contribution in [1.82, 2.24) is 0 Å². The van der Waals surface area contributed by atoms with Crippen LogP contribution in [0, 0.1) is 5.92 Å². The van der Waals surface area contributed by atoms with Crippen LogP contribution in [0.2, 0.25) is 0 Å². The Kier molecular flexibility index (Phi) is 9.49. The molecule has 0 fully saturated rings. The molecule has 1 atom stereocenters. The van der Waals surface area contributed by atoms with Gasteiger partial charge in [-0.1, -0.05) is 27.2 Å². The average Bonchev–Trinajstić information content (AvgIpc) is 2.26. The molecule has 0 bridgehead atoms. The van der Waals surface area contributed by atoms with Crippen molar-refractivity contribution in [3.63, 3.8) is 0 Å². The van der Waals surface area contributed by atoms with Gasteiger partial charge in [0.2, 0.25) is 0 Å². The summed E-state index contributed by atoms with van der Waals surface area (Å²) in [4.78, 5) is 22.6. The molecule has 4 nitrogen and oxygen atoms in total. The first kappa shape index (κ1) is 15.9. The SMILES string of the molecule is CCCCOC(=O)CC(C)CC(=O)OCCC. The fourth-order valence-corrected chi connectivity index (χ4v) is 1.31. The predicted octanol–water partition coefficient (Wildman–Crippen LogP) is 2.70. The van der Waals surface area contributed by atoms with Crippen LogP contribution in [0.4, 0.5) is 0 Å². The zero-order valence-electron chi connectivity index (χ0n) is 11.2. The molecule has 0 rings (SSSR count). The summed E-state index contributed by atoms with van der Waals surface area (Å²) < 4.78 is 9.98. The van der Waals surface area contributed by atoms with Gasteiger partial charge < -0.3 is 9.47 Å². The van der Waals surface area contributed by atoms with Gasteiger partial charge in [0.15, 0.2) is 0 Å². The maximum absolute atomic E-state index is 11.3. The molecule has 0 radical (unpaired) electrons. The van der Waals surface area contributed by atoms with Gasteiger partial charge in [0, 0.05) is 12.8 Å². The molecule has 0 N–H and O–H groups in total. The molecule has 0 aromatic carbocycles.